The normalized spacial score (nSPS) is 23.2. The Balaban J connectivity index is 1.82. The van der Waals surface area contributed by atoms with Crippen LogP contribution in [-0.4, -0.2) is 17.5 Å². The van der Waals surface area contributed by atoms with E-state index >= 15 is 0 Å². The van der Waals surface area contributed by atoms with Crippen LogP contribution in [0.3, 0.4) is 0 Å². The fraction of sp³-hybridized carbons (Fsp3) is 0.857. The van der Waals surface area contributed by atoms with Crippen molar-refractivity contribution in [3.05, 3.63) is 12.5 Å². The summed E-state index contributed by atoms with van der Waals surface area (Å²) in [7, 11) is 0. The maximum absolute atomic E-state index is 9.54. The Kier molecular flexibility index (Phi) is 3.97. The van der Waals surface area contributed by atoms with E-state index in [0.717, 1.165) is 25.7 Å². The molecule has 3 heteroatoms. The van der Waals surface area contributed by atoms with E-state index in [1.165, 1.54) is 25.7 Å². The Bertz CT molecular complexity index is 261. The van der Waals surface area contributed by atoms with Crippen molar-refractivity contribution in [2.45, 2.75) is 64.1 Å². The monoisotopic (exact) mass is 240 g/mol. The van der Waals surface area contributed by atoms with E-state index in [1.807, 2.05) is 0 Å². The summed E-state index contributed by atoms with van der Waals surface area (Å²) >= 11 is 0. The molecule has 1 N–H and O–H groups in total. The third kappa shape index (κ3) is 2.44. The van der Waals surface area contributed by atoms with Crippen LogP contribution in [0.4, 0.5) is 0 Å². The van der Waals surface area contributed by atoms with Crippen LogP contribution in [-0.2, 0) is 9.47 Å². The van der Waals surface area contributed by atoms with E-state index in [1.54, 1.807) is 12.5 Å². The molecule has 0 aromatic rings. The van der Waals surface area contributed by atoms with Crippen molar-refractivity contribution >= 4 is 0 Å². The Morgan fingerprint density at radius 2 is 1.71 bits per heavy atom. The molecule has 1 saturated carbocycles. The zero-order valence-corrected chi connectivity index (χ0v) is 10.8. The molecular weight excluding hydrogens is 216 g/mol. The van der Waals surface area contributed by atoms with Crippen molar-refractivity contribution in [3.63, 3.8) is 0 Å². The highest BCUT2D eigenvalue weighted by Gasteiger charge is 2.63. The van der Waals surface area contributed by atoms with Gasteiger partial charge in [-0.25, -0.2) is 0 Å². The minimum absolute atomic E-state index is 0.138. The Morgan fingerprint density at radius 3 is 2.24 bits per heavy atom. The maximum atomic E-state index is 9.54. The van der Waals surface area contributed by atoms with Gasteiger partial charge in [-0.1, -0.05) is 32.6 Å². The number of hydrogen-bond acceptors (Lipinski definition) is 3. The lowest BCUT2D eigenvalue weighted by Crippen LogP contribution is -2.43. The summed E-state index contributed by atoms with van der Waals surface area (Å²) in [4.78, 5) is 0. The molecule has 0 aromatic carbocycles. The summed E-state index contributed by atoms with van der Waals surface area (Å²) < 4.78 is 11.4. The van der Waals surface area contributed by atoms with Crippen molar-refractivity contribution < 1.29 is 14.6 Å². The number of aliphatic hydroxyl groups excluding tert-OH is 1. The van der Waals surface area contributed by atoms with Gasteiger partial charge in [-0.05, 0) is 19.3 Å². The van der Waals surface area contributed by atoms with Crippen molar-refractivity contribution in [1.82, 2.24) is 0 Å². The molecule has 0 atom stereocenters. The summed E-state index contributed by atoms with van der Waals surface area (Å²) in [6.07, 6.45) is 12.4. The van der Waals surface area contributed by atoms with E-state index in [4.69, 9.17) is 9.47 Å². The first-order valence-corrected chi connectivity index (χ1v) is 6.90. The molecule has 2 rings (SSSR count). The van der Waals surface area contributed by atoms with E-state index < -0.39 is 5.79 Å². The Labute approximate surface area is 104 Å². The van der Waals surface area contributed by atoms with E-state index in [9.17, 15) is 5.11 Å². The fourth-order valence-electron chi connectivity index (χ4n) is 2.71. The van der Waals surface area contributed by atoms with Crippen molar-refractivity contribution in [2.75, 3.05) is 6.61 Å². The topological polar surface area (TPSA) is 38.7 Å². The number of aliphatic hydroxyl groups is 1. The van der Waals surface area contributed by atoms with Gasteiger partial charge >= 0.3 is 0 Å². The highest BCUT2D eigenvalue weighted by atomic mass is 16.7. The number of unbranched alkanes of at least 4 members (excludes halogenated alkanes) is 4. The second-order valence-electron chi connectivity index (χ2n) is 5.36. The molecule has 0 amide bonds. The minimum Gasteiger partial charge on any atom is -0.456 e. The molecule has 0 aromatic heterocycles. The average molecular weight is 240 g/mol. The molecule has 0 saturated heterocycles. The van der Waals surface area contributed by atoms with Gasteiger partial charge in [0.05, 0.1) is 12.0 Å². The first-order valence-electron chi connectivity index (χ1n) is 6.90. The zero-order valence-electron chi connectivity index (χ0n) is 10.8. The summed E-state index contributed by atoms with van der Waals surface area (Å²) in [6.45, 7) is 2.39. The van der Waals surface area contributed by atoms with Gasteiger partial charge in [-0.15, -0.1) is 0 Å². The predicted octanol–water partition coefficient (Wildman–Crippen LogP) is 3.33. The summed E-state index contributed by atoms with van der Waals surface area (Å²) in [5, 5.41) is 9.54. The molecule has 0 radical (unpaired) electrons. The molecule has 0 bridgehead atoms. The average Bonchev–Trinajstić information content (AvgIpc) is 3.03. The molecule has 3 nitrogen and oxygen atoms in total. The molecule has 98 valence electrons. The molecule has 1 heterocycles. The SMILES string of the molecule is CCCCCCCC1(C2(CO)CC2)OC=CO1. The molecule has 0 spiro atoms. The first-order chi connectivity index (χ1) is 8.29. The molecule has 1 fully saturated rings. The van der Waals surface area contributed by atoms with Gasteiger partial charge in [0.2, 0.25) is 0 Å². The van der Waals surface area contributed by atoms with Gasteiger partial charge in [0.25, 0.3) is 5.79 Å². The lowest BCUT2D eigenvalue weighted by atomic mass is 9.90. The first kappa shape index (κ1) is 12.7. The molecular formula is C14H24O3. The van der Waals surface area contributed by atoms with Crippen molar-refractivity contribution in [2.24, 2.45) is 5.41 Å². The second kappa shape index (κ2) is 5.30. The molecule has 2 aliphatic rings. The number of rotatable bonds is 8. The van der Waals surface area contributed by atoms with Crippen LogP contribution < -0.4 is 0 Å². The summed E-state index contributed by atoms with van der Waals surface area (Å²) in [5.74, 6) is -0.562. The standard InChI is InChI=1S/C14H24O3/c1-2-3-4-5-6-7-14(16-10-11-17-14)13(12-15)8-9-13/h10-11,15H,2-9,12H2,1H3. The zero-order chi connectivity index (χ0) is 12.2. The molecule has 1 aliphatic carbocycles. The highest BCUT2D eigenvalue weighted by molar-refractivity contribution is 5.07. The van der Waals surface area contributed by atoms with Crippen LogP contribution in [0, 0.1) is 5.41 Å². The Morgan fingerprint density at radius 1 is 1.06 bits per heavy atom. The van der Waals surface area contributed by atoms with Crippen molar-refractivity contribution in [3.8, 4) is 0 Å². The van der Waals surface area contributed by atoms with Gasteiger partial charge < -0.3 is 14.6 Å². The predicted molar refractivity (Wildman–Crippen MR) is 66.2 cm³/mol. The third-order valence-corrected chi connectivity index (χ3v) is 4.15. The van der Waals surface area contributed by atoms with Crippen LogP contribution in [0.15, 0.2) is 12.5 Å². The minimum atomic E-state index is -0.562. The van der Waals surface area contributed by atoms with E-state index in [0.29, 0.717) is 0 Å². The van der Waals surface area contributed by atoms with Crippen LogP contribution >= 0.6 is 0 Å². The van der Waals surface area contributed by atoms with E-state index in [-0.39, 0.29) is 12.0 Å². The van der Waals surface area contributed by atoms with E-state index in [2.05, 4.69) is 6.92 Å². The van der Waals surface area contributed by atoms with Gasteiger partial charge in [0.15, 0.2) is 0 Å². The molecule has 0 unspecified atom stereocenters. The maximum Gasteiger partial charge on any atom is 0.257 e. The van der Waals surface area contributed by atoms with Crippen LogP contribution in [0.25, 0.3) is 0 Å². The van der Waals surface area contributed by atoms with Crippen LogP contribution in [0.2, 0.25) is 0 Å². The lowest BCUT2D eigenvalue weighted by molar-refractivity contribution is -0.207. The summed E-state index contributed by atoms with van der Waals surface area (Å²) in [6, 6.07) is 0. The lowest BCUT2D eigenvalue weighted by Gasteiger charge is -2.35. The van der Waals surface area contributed by atoms with Crippen LogP contribution in [0.5, 0.6) is 0 Å². The quantitative estimate of drug-likeness (QED) is 0.661. The van der Waals surface area contributed by atoms with Gasteiger partial charge in [0, 0.05) is 6.42 Å². The van der Waals surface area contributed by atoms with Crippen molar-refractivity contribution in [1.29, 1.82) is 0 Å². The smallest absolute Gasteiger partial charge is 0.257 e. The van der Waals surface area contributed by atoms with Gasteiger partial charge in [0.1, 0.15) is 12.5 Å². The summed E-state index contributed by atoms with van der Waals surface area (Å²) in [5.41, 5.74) is -0.138. The number of hydrogen-bond donors (Lipinski definition) is 1. The second-order valence-corrected chi connectivity index (χ2v) is 5.36. The third-order valence-electron chi connectivity index (χ3n) is 4.15. The van der Waals surface area contributed by atoms with Crippen LogP contribution in [0.1, 0.15) is 58.3 Å². The number of ether oxygens (including phenoxy) is 2. The van der Waals surface area contributed by atoms with Gasteiger partial charge in [-0.2, -0.15) is 0 Å². The fourth-order valence-corrected chi connectivity index (χ4v) is 2.71. The largest absolute Gasteiger partial charge is 0.456 e. The molecule has 17 heavy (non-hydrogen) atoms. The Hall–Kier alpha value is -0.700. The highest BCUT2D eigenvalue weighted by Crippen LogP contribution is 2.59. The van der Waals surface area contributed by atoms with Gasteiger partial charge in [-0.3, -0.25) is 0 Å². The molecule has 1 aliphatic heterocycles.